The summed E-state index contributed by atoms with van der Waals surface area (Å²) in [6, 6.07) is 18.6. The monoisotopic (exact) mass is 395 g/mol. The maximum atomic E-state index is 10.1. The summed E-state index contributed by atoms with van der Waals surface area (Å²) in [5, 5.41) is 13.7. The molecule has 0 amide bonds. The SMILES string of the molecule is CN=C(NCC(Cc1ccccc1)N(C)C)N1CCN(c2ccccc2O)CC1. The molecular formula is C23H33N5O. The standard InChI is InChI=1S/C23H33N5O/c1-24-23(25-18-20(26(2)3)17-19-9-5-4-6-10-19)28-15-13-27(14-16-28)21-11-7-8-12-22(21)29/h4-12,20,29H,13-18H2,1-3H3,(H,24,25). The van der Waals surface area contributed by atoms with Gasteiger partial charge in [-0.3, -0.25) is 4.99 Å². The van der Waals surface area contributed by atoms with Crippen LogP contribution in [-0.4, -0.2) is 80.8 Å². The third-order valence-electron chi connectivity index (χ3n) is 5.55. The topological polar surface area (TPSA) is 54.3 Å². The first-order valence-electron chi connectivity index (χ1n) is 10.3. The Balaban J connectivity index is 1.54. The maximum Gasteiger partial charge on any atom is 0.193 e. The summed E-state index contributed by atoms with van der Waals surface area (Å²) in [5.74, 6) is 1.29. The van der Waals surface area contributed by atoms with Crippen LogP contribution in [0.1, 0.15) is 5.56 Å². The Morgan fingerprint density at radius 2 is 1.69 bits per heavy atom. The molecule has 2 aromatic rings. The molecule has 0 spiro atoms. The Bertz CT molecular complexity index is 785. The number of aromatic hydroxyl groups is 1. The van der Waals surface area contributed by atoms with Crippen LogP contribution in [0.3, 0.4) is 0 Å². The van der Waals surface area contributed by atoms with Gasteiger partial charge in [0.1, 0.15) is 5.75 Å². The second kappa shape index (κ2) is 10.2. The Labute approximate surface area is 174 Å². The average Bonchev–Trinajstić information content (AvgIpc) is 2.75. The molecule has 0 aliphatic carbocycles. The maximum absolute atomic E-state index is 10.1. The van der Waals surface area contributed by atoms with E-state index in [-0.39, 0.29) is 0 Å². The molecule has 1 aliphatic heterocycles. The molecular weight excluding hydrogens is 362 g/mol. The zero-order valence-electron chi connectivity index (χ0n) is 17.8. The van der Waals surface area contributed by atoms with E-state index < -0.39 is 0 Å². The van der Waals surface area contributed by atoms with E-state index in [0.717, 1.165) is 50.8 Å². The number of anilines is 1. The Morgan fingerprint density at radius 1 is 1.03 bits per heavy atom. The van der Waals surface area contributed by atoms with Crippen molar-refractivity contribution < 1.29 is 5.11 Å². The van der Waals surface area contributed by atoms with Gasteiger partial charge in [-0.25, -0.2) is 0 Å². The summed E-state index contributed by atoms with van der Waals surface area (Å²) in [4.78, 5) is 11.3. The molecule has 1 atom stereocenters. The van der Waals surface area contributed by atoms with E-state index in [1.165, 1.54) is 5.56 Å². The van der Waals surface area contributed by atoms with Gasteiger partial charge >= 0.3 is 0 Å². The minimum absolute atomic E-state index is 0.346. The van der Waals surface area contributed by atoms with E-state index in [4.69, 9.17) is 0 Å². The van der Waals surface area contributed by atoms with Crippen LogP contribution in [0.15, 0.2) is 59.6 Å². The van der Waals surface area contributed by atoms with Gasteiger partial charge in [-0.1, -0.05) is 42.5 Å². The molecule has 6 heteroatoms. The van der Waals surface area contributed by atoms with Crippen LogP contribution >= 0.6 is 0 Å². The predicted octanol–water partition coefficient (Wildman–Crippen LogP) is 2.26. The Hall–Kier alpha value is -2.73. The number of piperazine rings is 1. The first-order chi connectivity index (χ1) is 14.1. The molecule has 2 N–H and O–H groups in total. The average molecular weight is 396 g/mol. The quantitative estimate of drug-likeness (QED) is 0.581. The molecule has 29 heavy (non-hydrogen) atoms. The number of nitrogens with zero attached hydrogens (tertiary/aromatic N) is 4. The summed E-state index contributed by atoms with van der Waals surface area (Å²) < 4.78 is 0. The van der Waals surface area contributed by atoms with E-state index in [1.807, 2.05) is 25.2 Å². The highest BCUT2D eigenvalue weighted by molar-refractivity contribution is 5.80. The molecule has 1 fully saturated rings. The van der Waals surface area contributed by atoms with E-state index in [0.29, 0.717) is 11.8 Å². The van der Waals surface area contributed by atoms with Crippen LogP contribution in [0.2, 0.25) is 0 Å². The van der Waals surface area contributed by atoms with Gasteiger partial charge in [-0.2, -0.15) is 0 Å². The number of hydrogen-bond donors (Lipinski definition) is 2. The summed E-state index contributed by atoms with van der Waals surface area (Å²) in [6.07, 6.45) is 0.999. The van der Waals surface area contributed by atoms with Gasteiger partial charge in [-0.05, 0) is 38.2 Å². The number of phenols is 1. The highest BCUT2D eigenvalue weighted by Crippen LogP contribution is 2.27. The van der Waals surface area contributed by atoms with Gasteiger partial charge in [0.25, 0.3) is 0 Å². The van der Waals surface area contributed by atoms with Crippen LogP contribution in [0, 0.1) is 0 Å². The van der Waals surface area contributed by atoms with Crippen molar-refractivity contribution in [3.8, 4) is 5.75 Å². The lowest BCUT2D eigenvalue weighted by Crippen LogP contribution is -2.54. The number of likely N-dealkylation sites (N-methyl/N-ethyl adjacent to an activating group) is 1. The third kappa shape index (κ3) is 5.64. The number of hydrogen-bond acceptors (Lipinski definition) is 4. The number of guanidine groups is 1. The second-order valence-corrected chi connectivity index (χ2v) is 7.70. The van der Waals surface area contributed by atoms with Crippen LogP contribution in [0.25, 0.3) is 0 Å². The molecule has 0 aromatic heterocycles. The van der Waals surface area contributed by atoms with Crippen molar-refractivity contribution in [1.82, 2.24) is 15.1 Å². The van der Waals surface area contributed by atoms with Crippen LogP contribution in [0.4, 0.5) is 5.69 Å². The summed E-state index contributed by atoms with van der Waals surface area (Å²) in [5.41, 5.74) is 2.25. The fourth-order valence-corrected chi connectivity index (χ4v) is 3.76. The fraction of sp³-hybridized carbons (Fsp3) is 0.435. The van der Waals surface area contributed by atoms with Crippen LogP contribution in [0.5, 0.6) is 5.75 Å². The number of rotatable bonds is 6. The van der Waals surface area contributed by atoms with E-state index >= 15 is 0 Å². The molecule has 0 radical (unpaired) electrons. The third-order valence-corrected chi connectivity index (χ3v) is 5.55. The highest BCUT2D eigenvalue weighted by atomic mass is 16.3. The van der Waals surface area contributed by atoms with Gasteiger partial charge in [0.05, 0.1) is 5.69 Å². The van der Waals surface area contributed by atoms with Gasteiger partial charge in [0, 0.05) is 45.8 Å². The van der Waals surface area contributed by atoms with E-state index in [2.05, 4.69) is 69.4 Å². The second-order valence-electron chi connectivity index (χ2n) is 7.70. The molecule has 1 unspecified atom stereocenters. The number of para-hydroxylation sites is 2. The smallest absolute Gasteiger partial charge is 0.193 e. The minimum Gasteiger partial charge on any atom is -0.506 e. The summed E-state index contributed by atoms with van der Waals surface area (Å²) in [6.45, 7) is 4.31. The molecule has 156 valence electrons. The first-order valence-corrected chi connectivity index (χ1v) is 10.3. The number of phenolic OH excluding ortho intramolecular Hbond substituents is 1. The van der Waals surface area contributed by atoms with Crippen molar-refractivity contribution >= 4 is 11.6 Å². The summed E-state index contributed by atoms with van der Waals surface area (Å²) in [7, 11) is 6.10. The molecule has 1 heterocycles. The lowest BCUT2D eigenvalue weighted by Gasteiger charge is -2.38. The van der Waals surface area contributed by atoms with Crippen LogP contribution in [-0.2, 0) is 6.42 Å². The van der Waals surface area contributed by atoms with Gasteiger partial charge in [-0.15, -0.1) is 0 Å². The molecule has 3 rings (SSSR count). The van der Waals surface area contributed by atoms with E-state index in [1.54, 1.807) is 6.07 Å². The summed E-state index contributed by atoms with van der Waals surface area (Å²) >= 11 is 0. The van der Waals surface area contributed by atoms with Gasteiger partial charge in [0.15, 0.2) is 5.96 Å². The van der Waals surface area contributed by atoms with E-state index in [9.17, 15) is 5.11 Å². The Kier molecular flexibility index (Phi) is 7.36. The zero-order chi connectivity index (χ0) is 20.6. The molecule has 2 aromatic carbocycles. The lowest BCUT2D eigenvalue weighted by atomic mass is 10.1. The molecule has 0 bridgehead atoms. The van der Waals surface area contributed by atoms with Gasteiger partial charge < -0.3 is 25.1 Å². The minimum atomic E-state index is 0.346. The van der Waals surface area contributed by atoms with Crippen molar-refractivity contribution in [2.24, 2.45) is 4.99 Å². The highest BCUT2D eigenvalue weighted by Gasteiger charge is 2.22. The van der Waals surface area contributed by atoms with Crippen molar-refractivity contribution in [3.05, 3.63) is 60.2 Å². The normalized spacial score (nSPS) is 16.2. The zero-order valence-corrected chi connectivity index (χ0v) is 17.8. The van der Waals surface area contributed by atoms with Crippen molar-refractivity contribution in [2.75, 3.05) is 58.8 Å². The largest absolute Gasteiger partial charge is 0.506 e. The number of aliphatic imine (C=N–C) groups is 1. The molecule has 1 aliphatic rings. The van der Waals surface area contributed by atoms with Crippen molar-refractivity contribution in [1.29, 1.82) is 0 Å². The lowest BCUT2D eigenvalue weighted by molar-refractivity contribution is 0.285. The Morgan fingerprint density at radius 3 is 2.31 bits per heavy atom. The van der Waals surface area contributed by atoms with Gasteiger partial charge in [0.2, 0.25) is 0 Å². The predicted molar refractivity (Wildman–Crippen MR) is 121 cm³/mol. The van der Waals surface area contributed by atoms with Crippen molar-refractivity contribution in [3.63, 3.8) is 0 Å². The van der Waals surface area contributed by atoms with Crippen LogP contribution < -0.4 is 10.2 Å². The molecule has 6 nitrogen and oxygen atoms in total. The number of benzene rings is 2. The molecule has 1 saturated heterocycles. The molecule has 0 saturated carbocycles. The fourth-order valence-electron chi connectivity index (χ4n) is 3.76. The number of nitrogens with one attached hydrogen (secondary N) is 1. The first kappa shape index (κ1) is 21.0. The van der Waals surface area contributed by atoms with Crippen molar-refractivity contribution in [2.45, 2.75) is 12.5 Å².